The van der Waals surface area contributed by atoms with Crippen molar-refractivity contribution < 1.29 is 9.53 Å². The van der Waals surface area contributed by atoms with Crippen LogP contribution in [-0.2, 0) is 0 Å². The third kappa shape index (κ3) is 6.66. The molecule has 4 heteroatoms. The van der Waals surface area contributed by atoms with Crippen LogP contribution in [0.25, 0.3) is 0 Å². The number of ether oxygens (including phenoxy) is 1. The van der Waals surface area contributed by atoms with Gasteiger partial charge in [-0.15, -0.1) is 0 Å². The Kier molecular flexibility index (Phi) is 8.34. The van der Waals surface area contributed by atoms with Gasteiger partial charge in [-0.05, 0) is 55.0 Å². The van der Waals surface area contributed by atoms with Gasteiger partial charge in [-0.2, -0.15) is 0 Å². The van der Waals surface area contributed by atoms with E-state index in [-0.39, 0.29) is 5.91 Å². The van der Waals surface area contributed by atoms with Crippen molar-refractivity contribution in [3.8, 4) is 5.75 Å². The van der Waals surface area contributed by atoms with Crippen molar-refractivity contribution in [2.75, 3.05) is 17.2 Å². The van der Waals surface area contributed by atoms with E-state index in [1.54, 1.807) is 0 Å². The first-order chi connectivity index (χ1) is 14.8. The Hall–Kier alpha value is -3.27. The lowest BCUT2D eigenvalue weighted by Gasteiger charge is -2.13. The number of amides is 1. The molecule has 2 N–H and O–H groups in total. The molecule has 3 aromatic carbocycles. The summed E-state index contributed by atoms with van der Waals surface area (Å²) in [7, 11) is 0. The highest BCUT2D eigenvalue weighted by Gasteiger charge is 2.11. The molecular weight excluding hydrogens is 372 g/mol. The van der Waals surface area contributed by atoms with Gasteiger partial charge in [0.25, 0.3) is 5.91 Å². The Morgan fingerprint density at radius 3 is 2.23 bits per heavy atom. The lowest BCUT2D eigenvalue weighted by atomic mass is 10.1. The standard InChI is InChI=1S/C26H30N2O2/c1-2-3-4-5-11-20-30-23-18-16-22(17-19-23)28-26(29)24-14-9-10-15-25(24)27-21-12-7-6-8-13-21/h6-10,12-19,27H,2-5,11,20H2,1H3,(H,28,29). The number of carbonyl (C=O) groups is 1. The van der Waals surface area contributed by atoms with Crippen molar-refractivity contribution in [1.82, 2.24) is 0 Å². The van der Waals surface area contributed by atoms with Gasteiger partial charge < -0.3 is 15.4 Å². The molecule has 0 unspecified atom stereocenters. The van der Waals surface area contributed by atoms with Crippen LogP contribution in [0.2, 0.25) is 0 Å². The van der Waals surface area contributed by atoms with Crippen molar-refractivity contribution in [2.45, 2.75) is 39.0 Å². The van der Waals surface area contributed by atoms with E-state index in [1.807, 2.05) is 78.9 Å². The quantitative estimate of drug-likeness (QED) is 0.338. The van der Waals surface area contributed by atoms with Gasteiger partial charge in [-0.1, -0.05) is 62.9 Å². The highest BCUT2D eigenvalue weighted by Crippen LogP contribution is 2.23. The Morgan fingerprint density at radius 1 is 0.767 bits per heavy atom. The number of carbonyl (C=O) groups excluding carboxylic acids is 1. The number of rotatable bonds is 11. The van der Waals surface area contributed by atoms with Crippen molar-refractivity contribution in [3.63, 3.8) is 0 Å². The SMILES string of the molecule is CCCCCCCOc1ccc(NC(=O)c2ccccc2Nc2ccccc2)cc1. The first-order valence-corrected chi connectivity index (χ1v) is 10.7. The molecule has 0 heterocycles. The maximum absolute atomic E-state index is 12.8. The lowest BCUT2D eigenvalue weighted by molar-refractivity contribution is 0.102. The first-order valence-electron chi connectivity index (χ1n) is 10.7. The summed E-state index contributed by atoms with van der Waals surface area (Å²) in [6, 6.07) is 24.9. The van der Waals surface area contributed by atoms with Crippen LogP contribution in [0.4, 0.5) is 17.1 Å². The smallest absolute Gasteiger partial charge is 0.257 e. The van der Waals surface area contributed by atoms with Crippen molar-refractivity contribution in [2.24, 2.45) is 0 Å². The molecule has 0 aliphatic carbocycles. The summed E-state index contributed by atoms with van der Waals surface area (Å²) >= 11 is 0. The molecule has 0 fully saturated rings. The number of hydrogen-bond acceptors (Lipinski definition) is 3. The minimum absolute atomic E-state index is 0.154. The molecule has 4 nitrogen and oxygen atoms in total. The van der Waals surface area contributed by atoms with Gasteiger partial charge in [0.2, 0.25) is 0 Å². The van der Waals surface area contributed by atoms with Gasteiger partial charge >= 0.3 is 0 Å². The first kappa shape index (κ1) is 21.4. The molecule has 0 aliphatic heterocycles. The maximum atomic E-state index is 12.8. The van der Waals surface area contributed by atoms with E-state index in [1.165, 1.54) is 25.7 Å². The van der Waals surface area contributed by atoms with Gasteiger partial charge in [0, 0.05) is 11.4 Å². The van der Waals surface area contributed by atoms with Crippen LogP contribution >= 0.6 is 0 Å². The molecular formula is C26H30N2O2. The molecule has 3 rings (SSSR count). The number of benzene rings is 3. The Bertz CT molecular complexity index is 908. The molecule has 1 amide bonds. The number of unbranched alkanes of at least 4 members (excludes halogenated alkanes) is 4. The van der Waals surface area contributed by atoms with Gasteiger partial charge in [0.1, 0.15) is 5.75 Å². The second-order valence-corrected chi connectivity index (χ2v) is 7.28. The summed E-state index contributed by atoms with van der Waals surface area (Å²) in [6.45, 7) is 2.95. The fraction of sp³-hybridized carbons (Fsp3) is 0.269. The summed E-state index contributed by atoms with van der Waals surface area (Å²) in [4.78, 5) is 12.8. The van der Waals surface area contributed by atoms with Gasteiger partial charge in [0.05, 0.1) is 17.9 Å². The second kappa shape index (κ2) is 11.7. The van der Waals surface area contributed by atoms with Gasteiger partial charge in [-0.25, -0.2) is 0 Å². The van der Waals surface area contributed by atoms with E-state index in [4.69, 9.17) is 4.74 Å². The zero-order chi connectivity index (χ0) is 21.0. The van der Waals surface area contributed by atoms with Crippen LogP contribution < -0.4 is 15.4 Å². The number of para-hydroxylation sites is 2. The number of anilines is 3. The summed E-state index contributed by atoms with van der Waals surface area (Å²) in [6.07, 6.45) is 6.09. The van der Waals surface area contributed by atoms with Crippen LogP contribution in [0.3, 0.4) is 0 Å². The summed E-state index contributed by atoms with van der Waals surface area (Å²) < 4.78 is 5.79. The molecule has 0 radical (unpaired) electrons. The molecule has 0 saturated heterocycles. The summed E-state index contributed by atoms with van der Waals surface area (Å²) in [5.41, 5.74) is 3.04. The second-order valence-electron chi connectivity index (χ2n) is 7.28. The summed E-state index contributed by atoms with van der Waals surface area (Å²) in [5, 5.41) is 6.28. The largest absolute Gasteiger partial charge is 0.494 e. The van der Waals surface area contributed by atoms with Crippen molar-refractivity contribution in [1.29, 1.82) is 0 Å². The van der Waals surface area contributed by atoms with Crippen molar-refractivity contribution >= 4 is 23.0 Å². The van der Waals surface area contributed by atoms with E-state index < -0.39 is 0 Å². The van der Waals surface area contributed by atoms with E-state index >= 15 is 0 Å². The van der Waals surface area contributed by atoms with Gasteiger partial charge in [0.15, 0.2) is 0 Å². The minimum atomic E-state index is -0.154. The maximum Gasteiger partial charge on any atom is 0.257 e. The normalized spacial score (nSPS) is 10.4. The number of hydrogen-bond donors (Lipinski definition) is 2. The van der Waals surface area contributed by atoms with Crippen LogP contribution in [0.1, 0.15) is 49.4 Å². The number of nitrogens with one attached hydrogen (secondary N) is 2. The predicted molar refractivity (Wildman–Crippen MR) is 125 cm³/mol. The molecule has 0 aliphatic rings. The fourth-order valence-electron chi connectivity index (χ4n) is 3.20. The monoisotopic (exact) mass is 402 g/mol. The Labute approximate surface area is 179 Å². The van der Waals surface area contributed by atoms with E-state index in [0.29, 0.717) is 5.56 Å². The van der Waals surface area contributed by atoms with Crippen molar-refractivity contribution in [3.05, 3.63) is 84.4 Å². The highest BCUT2D eigenvalue weighted by atomic mass is 16.5. The average Bonchev–Trinajstić information content (AvgIpc) is 2.78. The molecule has 0 spiro atoms. The third-order valence-electron chi connectivity index (χ3n) is 4.85. The molecule has 0 atom stereocenters. The van der Waals surface area contributed by atoms with Crippen LogP contribution in [0.15, 0.2) is 78.9 Å². The van der Waals surface area contributed by atoms with Gasteiger partial charge in [-0.3, -0.25) is 4.79 Å². The zero-order valence-corrected chi connectivity index (χ0v) is 17.6. The van der Waals surface area contributed by atoms with E-state index in [9.17, 15) is 4.79 Å². The topological polar surface area (TPSA) is 50.4 Å². The van der Waals surface area contributed by atoms with Crippen LogP contribution in [-0.4, -0.2) is 12.5 Å². The lowest BCUT2D eigenvalue weighted by Crippen LogP contribution is -2.13. The van der Waals surface area contributed by atoms with Crippen LogP contribution in [0.5, 0.6) is 5.75 Å². The predicted octanol–water partition coefficient (Wildman–Crippen LogP) is 7.03. The minimum Gasteiger partial charge on any atom is -0.494 e. The van der Waals surface area contributed by atoms with Crippen LogP contribution in [0, 0.1) is 0 Å². The summed E-state index contributed by atoms with van der Waals surface area (Å²) in [5.74, 6) is 0.674. The highest BCUT2D eigenvalue weighted by molar-refractivity contribution is 6.08. The molecule has 0 bridgehead atoms. The van der Waals surface area contributed by atoms with E-state index in [2.05, 4.69) is 17.6 Å². The Balaban J connectivity index is 1.55. The molecule has 3 aromatic rings. The Morgan fingerprint density at radius 2 is 1.47 bits per heavy atom. The average molecular weight is 403 g/mol. The zero-order valence-electron chi connectivity index (χ0n) is 17.6. The molecule has 0 saturated carbocycles. The van der Waals surface area contributed by atoms with E-state index in [0.717, 1.165) is 35.8 Å². The fourth-order valence-corrected chi connectivity index (χ4v) is 3.20. The molecule has 156 valence electrons. The molecule has 0 aromatic heterocycles. The molecule has 30 heavy (non-hydrogen) atoms. The third-order valence-corrected chi connectivity index (χ3v) is 4.85.